The minimum absolute atomic E-state index is 0.0134. The molecule has 4 atom stereocenters. The molecule has 6 N–H and O–H groups in total. The van der Waals surface area contributed by atoms with Crippen molar-refractivity contribution < 1.29 is 27.9 Å². The van der Waals surface area contributed by atoms with Crippen LogP contribution in [0.5, 0.6) is 0 Å². The van der Waals surface area contributed by atoms with Crippen LogP contribution in [-0.2, 0) is 30.9 Å². The number of hydrogen-bond donors (Lipinski definition) is 5. The molecule has 1 amide bonds. The van der Waals surface area contributed by atoms with Crippen molar-refractivity contribution in [1.29, 1.82) is 0 Å². The third-order valence-electron chi connectivity index (χ3n) is 7.72. The highest BCUT2D eigenvalue weighted by Gasteiger charge is 2.39. The summed E-state index contributed by atoms with van der Waals surface area (Å²) >= 11 is 5.74. The molecule has 0 bridgehead atoms. The normalized spacial score (nSPS) is 17.7. The molecule has 0 spiro atoms. The van der Waals surface area contributed by atoms with Gasteiger partial charge in [-0.05, 0) is 68.2 Å². The summed E-state index contributed by atoms with van der Waals surface area (Å²) < 4.78 is 34.3. The number of thiocarbonyl (C=S) groups is 1. The fraction of sp³-hybridized carbons (Fsp3) is 0.375. The van der Waals surface area contributed by atoms with Crippen LogP contribution in [0.15, 0.2) is 71.8 Å². The Labute approximate surface area is 274 Å². The Morgan fingerprint density at radius 2 is 1.76 bits per heavy atom. The van der Waals surface area contributed by atoms with Gasteiger partial charge in [-0.3, -0.25) is 14.6 Å². The monoisotopic (exact) mass is 668 g/mol. The highest BCUT2D eigenvalue weighted by molar-refractivity contribution is 7.89. The smallest absolute Gasteiger partial charge is 0.323 e. The predicted molar refractivity (Wildman–Crippen MR) is 177 cm³/mol. The Balaban J connectivity index is 1.36. The van der Waals surface area contributed by atoms with E-state index in [0.29, 0.717) is 41.4 Å². The Bertz CT molecular complexity index is 1620. The van der Waals surface area contributed by atoms with Gasteiger partial charge in [-0.25, -0.2) is 8.42 Å². The minimum Gasteiger partial charge on any atom is -0.480 e. The molecule has 0 aliphatic carbocycles. The summed E-state index contributed by atoms with van der Waals surface area (Å²) in [5.74, 6) is -2.02. The van der Waals surface area contributed by atoms with Crippen molar-refractivity contribution in [2.45, 2.75) is 62.9 Å². The van der Waals surface area contributed by atoms with Crippen molar-refractivity contribution in [3.63, 3.8) is 0 Å². The standard InChI is InChI=1S/C32H40N6O6S2/c1-20-13-21(2)30(22(3)14-20)46(42,43)37-26(31(40)41)17-35-28(39)19-44-24-15-27(29(33)25-11-7-8-12-34-25)38(18-24)32(45)36-16-23-9-5-4-6-10-23/h4-14,24,26-27,29,37H,15-19,33H2,1-3H3,(H,35,39)(H,36,45)(H,40,41). The molecule has 4 rings (SSSR count). The quantitative estimate of drug-likeness (QED) is 0.169. The molecule has 14 heteroatoms. The number of pyridine rings is 1. The van der Waals surface area contributed by atoms with E-state index in [4.69, 9.17) is 22.7 Å². The minimum atomic E-state index is -4.18. The van der Waals surface area contributed by atoms with Gasteiger partial charge in [0.25, 0.3) is 0 Å². The van der Waals surface area contributed by atoms with Gasteiger partial charge in [0.2, 0.25) is 15.9 Å². The number of benzene rings is 2. The molecule has 1 aliphatic rings. The Morgan fingerprint density at radius 1 is 1.09 bits per heavy atom. The van der Waals surface area contributed by atoms with Crippen LogP contribution in [-0.4, -0.2) is 78.3 Å². The van der Waals surface area contributed by atoms with E-state index in [1.807, 2.05) is 60.4 Å². The zero-order valence-corrected chi connectivity index (χ0v) is 27.6. The first-order chi connectivity index (χ1) is 21.9. The lowest BCUT2D eigenvalue weighted by atomic mass is 10.0. The van der Waals surface area contributed by atoms with Crippen LogP contribution in [0.4, 0.5) is 0 Å². The van der Waals surface area contributed by atoms with Crippen LogP contribution in [0.1, 0.15) is 40.4 Å². The summed E-state index contributed by atoms with van der Waals surface area (Å²) in [6.07, 6.45) is 1.72. The van der Waals surface area contributed by atoms with Gasteiger partial charge in [-0.15, -0.1) is 0 Å². The molecule has 12 nitrogen and oxygen atoms in total. The zero-order valence-electron chi connectivity index (χ0n) is 26.0. The lowest BCUT2D eigenvalue weighted by molar-refractivity contribution is -0.139. The van der Waals surface area contributed by atoms with E-state index >= 15 is 0 Å². The number of aryl methyl sites for hydroxylation is 3. The molecule has 1 fully saturated rings. The van der Waals surface area contributed by atoms with Gasteiger partial charge in [0.15, 0.2) is 5.11 Å². The number of amides is 1. The first kappa shape index (κ1) is 34.9. The highest BCUT2D eigenvalue weighted by Crippen LogP contribution is 2.29. The summed E-state index contributed by atoms with van der Waals surface area (Å²) in [6, 6.07) is 16.4. The number of carboxylic acid groups (broad SMARTS) is 1. The summed E-state index contributed by atoms with van der Waals surface area (Å²) in [7, 11) is -4.18. The summed E-state index contributed by atoms with van der Waals surface area (Å²) in [4.78, 5) is 31.0. The van der Waals surface area contributed by atoms with Crippen LogP contribution < -0.4 is 21.1 Å². The zero-order chi connectivity index (χ0) is 33.4. The van der Waals surface area contributed by atoms with Crippen molar-refractivity contribution in [2.75, 3.05) is 19.7 Å². The van der Waals surface area contributed by atoms with Crippen LogP contribution in [0.25, 0.3) is 0 Å². The second kappa shape index (κ2) is 15.6. The summed E-state index contributed by atoms with van der Waals surface area (Å²) in [5, 5.41) is 16.0. The molecule has 1 saturated heterocycles. The van der Waals surface area contributed by atoms with Crippen molar-refractivity contribution >= 4 is 39.2 Å². The molecular formula is C32H40N6O6S2. The molecular weight excluding hydrogens is 629 g/mol. The number of rotatable bonds is 13. The largest absolute Gasteiger partial charge is 0.480 e. The average molecular weight is 669 g/mol. The first-order valence-electron chi connectivity index (χ1n) is 14.8. The topological polar surface area (TPSA) is 176 Å². The maximum atomic E-state index is 13.1. The number of carbonyl (C=O) groups excluding carboxylic acids is 1. The number of aliphatic carboxylic acids is 1. The Kier molecular flexibility index (Phi) is 11.8. The third-order valence-corrected chi connectivity index (χ3v) is 9.87. The van der Waals surface area contributed by atoms with E-state index in [9.17, 15) is 23.1 Å². The molecule has 1 aliphatic heterocycles. The molecule has 0 saturated carbocycles. The number of ether oxygens (including phenoxy) is 1. The van der Waals surface area contributed by atoms with Gasteiger partial charge in [0, 0.05) is 25.8 Å². The number of nitrogens with one attached hydrogen (secondary N) is 3. The van der Waals surface area contributed by atoms with Crippen LogP contribution in [0, 0.1) is 20.8 Å². The van der Waals surface area contributed by atoms with Crippen molar-refractivity contribution in [1.82, 2.24) is 25.2 Å². The first-order valence-corrected chi connectivity index (χ1v) is 16.7. The molecule has 246 valence electrons. The SMILES string of the molecule is Cc1cc(C)c(S(=O)(=O)NC(CNC(=O)COC2CC(C(N)c3ccccn3)N(C(=S)NCc3ccccc3)C2)C(=O)O)c(C)c1. The number of hydrogen-bond acceptors (Lipinski definition) is 8. The highest BCUT2D eigenvalue weighted by atomic mass is 32.2. The van der Waals surface area contributed by atoms with Crippen molar-refractivity contribution in [2.24, 2.45) is 5.73 Å². The fourth-order valence-electron chi connectivity index (χ4n) is 5.64. The molecule has 2 aromatic carbocycles. The van der Waals surface area contributed by atoms with E-state index in [-0.39, 0.29) is 17.5 Å². The molecule has 4 unspecified atom stereocenters. The van der Waals surface area contributed by atoms with E-state index in [0.717, 1.165) is 11.1 Å². The molecule has 1 aromatic heterocycles. The molecule has 46 heavy (non-hydrogen) atoms. The Hall–Kier alpha value is -3.95. The number of carboxylic acids is 1. The summed E-state index contributed by atoms with van der Waals surface area (Å²) in [5.41, 5.74) is 10.3. The average Bonchev–Trinajstić information content (AvgIpc) is 3.45. The van der Waals surface area contributed by atoms with Crippen molar-refractivity contribution in [3.8, 4) is 0 Å². The van der Waals surface area contributed by atoms with Gasteiger partial charge < -0.3 is 31.1 Å². The van der Waals surface area contributed by atoms with E-state index < -0.39 is 46.6 Å². The molecule has 0 radical (unpaired) electrons. The summed E-state index contributed by atoms with van der Waals surface area (Å²) in [6.45, 7) is 5.18. The molecule has 3 aromatic rings. The maximum absolute atomic E-state index is 13.1. The van der Waals surface area contributed by atoms with Crippen LogP contribution in [0.2, 0.25) is 0 Å². The molecule has 2 heterocycles. The van der Waals surface area contributed by atoms with E-state index in [1.54, 1.807) is 32.2 Å². The number of aromatic nitrogens is 1. The van der Waals surface area contributed by atoms with Gasteiger partial charge in [-0.2, -0.15) is 4.72 Å². The second-order valence-electron chi connectivity index (χ2n) is 11.4. The Morgan fingerprint density at radius 3 is 2.39 bits per heavy atom. The fourth-order valence-corrected chi connectivity index (χ4v) is 7.57. The second-order valence-corrected chi connectivity index (χ2v) is 13.4. The van der Waals surface area contributed by atoms with Gasteiger partial charge in [0.1, 0.15) is 12.6 Å². The van der Waals surface area contributed by atoms with Crippen molar-refractivity contribution in [3.05, 3.63) is 94.8 Å². The predicted octanol–water partition coefficient (Wildman–Crippen LogP) is 2.09. The van der Waals surface area contributed by atoms with Gasteiger partial charge in [0.05, 0.1) is 28.8 Å². The number of nitrogens with zero attached hydrogens (tertiary/aromatic N) is 2. The van der Waals surface area contributed by atoms with Gasteiger partial charge in [-0.1, -0.05) is 54.1 Å². The number of sulfonamides is 1. The van der Waals surface area contributed by atoms with E-state index in [2.05, 4.69) is 20.3 Å². The number of nitrogens with two attached hydrogens (primary N) is 1. The third kappa shape index (κ3) is 9.07. The number of carbonyl (C=O) groups is 2. The lowest BCUT2D eigenvalue weighted by Crippen LogP contribution is -2.49. The maximum Gasteiger partial charge on any atom is 0.323 e. The van der Waals surface area contributed by atoms with E-state index in [1.165, 1.54) is 0 Å². The van der Waals surface area contributed by atoms with Crippen LogP contribution >= 0.6 is 12.2 Å². The lowest BCUT2D eigenvalue weighted by Gasteiger charge is -2.31. The van der Waals surface area contributed by atoms with Gasteiger partial charge >= 0.3 is 5.97 Å². The number of likely N-dealkylation sites (tertiary alicyclic amines) is 1. The van der Waals surface area contributed by atoms with Crippen LogP contribution in [0.3, 0.4) is 0 Å².